The first-order valence-corrected chi connectivity index (χ1v) is 12.0. The van der Waals surface area contributed by atoms with Gasteiger partial charge in [0.2, 0.25) is 5.96 Å². The minimum atomic E-state index is -0.454. The Bertz CT molecular complexity index is 1420. The summed E-state index contributed by atoms with van der Waals surface area (Å²) in [6.07, 6.45) is 0. The zero-order valence-corrected chi connectivity index (χ0v) is 22.2. The lowest BCUT2D eigenvalue weighted by atomic mass is 10.1. The number of amides is 4. The number of rotatable bonds is 7. The number of carbonyl (C=O) groups is 2. The molecule has 0 radical (unpaired) electrons. The SMILES string of the molecule is CNC(=[NH+]C)c1ccc(NC(=O)Nc2cc(NC(=O)Nc3cccc(/C(C)=N/N=C(N)N)c3)ccc2C)cc1. The van der Waals surface area contributed by atoms with E-state index in [0.29, 0.717) is 28.5 Å². The third-order valence-corrected chi connectivity index (χ3v) is 5.53. The van der Waals surface area contributed by atoms with Gasteiger partial charge in [0.1, 0.15) is 0 Å². The maximum absolute atomic E-state index is 12.6. The molecule has 0 spiro atoms. The van der Waals surface area contributed by atoms with E-state index in [2.05, 4.69) is 41.8 Å². The third kappa shape index (κ3) is 8.32. The molecule has 0 saturated carbocycles. The molecule has 0 aliphatic heterocycles. The number of urea groups is 2. The molecule has 4 amide bonds. The van der Waals surface area contributed by atoms with E-state index in [1.165, 1.54) is 0 Å². The number of nitrogens with zero attached hydrogens (tertiary/aromatic N) is 2. The van der Waals surface area contributed by atoms with E-state index in [1.807, 2.05) is 51.4 Å². The highest BCUT2D eigenvalue weighted by Crippen LogP contribution is 2.21. The number of hydrogen-bond acceptors (Lipinski definition) is 4. The van der Waals surface area contributed by atoms with Crippen LogP contribution in [0.5, 0.6) is 0 Å². The van der Waals surface area contributed by atoms with Crippen LogP contribution in [0.1, 0.15) is 23.6 Å². The van der Waals surface area contributed by atoms with Crippen molar-refractivity contribution in [3.8, 4) is 0 Å². The van der Waals surface area contributed by atoms with Crippen LogP contribution < -0.4 is 43.0 Å². The molecule has 0 saturated heterocycles. The van der Waals surface area contributed by atoms with Crippen LogP contribution in [0.3, 0.4) is 0 Å². The molecule has 0 aromatic heterocycles. The number of carbonyl (C=O) groups excluding carboxylic acids is 2. The summed E-state index contributed by atoms with van der Waals surface area (Å²) in [6, 6.07) is 18.8. The summed E-state index contributed by atoms with van der Waals surface area (Å²) in [7, 11) is 3.65. The van der Waals surface area contributed by atoms with E-state index < -0.39 is 12.1 Å². The van der Waals surface area contributed by atoms with Crippen LogP contribution in [0.25, 0.3) is 0 Å². The fraction of sp³-hybridized carbons (Fsp3) is 0.148. The Morgan fingerprint density at radius 1 is 0.769 bits per heavy atom. The highest BCUT2D eigenvalue weighted by atomic mass is 16.2. The topological polar surface area (TPSA) is 185 Å². The minimum absolute atomic E-state index is 0.145. The number of nitrogens with one attached hydrogen (secondary N) is 6. The Hall–Kier alpha value is -5.39. The first-order chi connectivity index (χ1) is 18.7. The Labute approximate surface area is 226 Å². The number of aryl methyl sites for hydroxylation is 1. The van der Waals surface area contributed by atoms with Crippen LogP contribution in [0.2, 0.25) is 0 Å². The number of guanidine groups is 1. The molecule has 0 aliphatic carbocycles. The summed E-state index contributed by atoms with van der Waals surface area (Å²) >= 11 is 0. The fourth-order valence-electron chi connectivity index (χ4n) is 3.56. The molecule has 12 heteroatoms. The van der Waals surface area contributed by atoms with Gasteiger partial charge in [-0.15, -0.1) is 5.10 Å². The van der Waals surface area contributed by atoms with Gasteiger partial charge in [0.15, 0.2) is 0 Å². The van der Waals surface area contributed by atoms with Gasteiger partial charge in [0.05, 0.1) is 25.4 Å². The van der Waals surface area contributed by atoms with E-state index >= 15 is 0 Å². The van der Waals surface area contributed by atoms with Gasteiger partial charge in [0, 0.05) is 22.7 Å². The van der Waals surface area contributed by atoms with E-state index in [1.54, 1.807) is 43.3 Å². The standard InChI is InChI=1S/C27H32N10O2/c1-16-8-11-22(34-26(38)33-21-7-5-6-19(14-21)17(2)36-37-25(28)29)15-23(16)35-27(39)32-20-12-9-18(10-13-20)24(30-3)31-4/h5-15H,1-4H3,(H,30,31)(H4,28,29,37)(H2,32,35,39)(H2,33,34,38)/p+1/b36-17+. The smallest absolute Gasteiger partial charge is 0.323 e. The van der Waals surface area contributed by atoms with Crippen LogP contribution in [0.4, 0.5) is 32.3 Å². The lowest BCUT2D eigenvalue weighted by Gasteiger charge is -2.13. The van der Waals surface area contributed by atoms with Gasteiger partial charge in [-0.2, -0.15) is 5.10 Å². The second-order valence-electron chi connectivity index (χ2n) is 8.43. The predicted molar refractivity (Wildman–Crippen MR) is 157 cm³/mol. The molecule has 10 N–H and O–H groups in total. The molecule has 0 fully saturated rings. The quantitative estimate of drug-likeness (QED) is 0.132. The molecule has 3 rings (SSSR count). The van der Waals surface area contributed by atoms with Crippen LogP contribution in [0, 0.1) is 6.92 Å². The van der Waals surface area contributed by atoms with Crippen molar-refractivity contribution in [1.29, 1.82) is 0 Å². The summed E-state index contributed by atoms with van der Waals surface area (Å²) in [6.45, 7) is 3.61. The molecule has 202 valence electrons. The first-order valence-electron chi connectivity index (χ1n) is 12.0. The second-order valence-corrected chi connectivity index (χ2v) is 8.43. The monoisotopic (exact) mass is 529 g/mol. The summed E-state index contributed by atoms with van der Waals surface area (Å²) < 4.78 is 0. The van der Waals surface area contributed by atoms with Crippen molar-refractivity contribution in [2.24, 2.45) is 21.7 Å². The van der Waals surface area contributed by atoms with Crippen LogP contribution in [-0.4, -0.2) is 43.7 Å². The van der Waals surface area contributed by atoms with Crippen molar-refractivity contribution in [1.82, 2.24) is 5.32 Å². The van der Waals surface area contributed by atoms with Gasteiger partial charge in [-0.3, -0.25) is 10.3 Å². The Kier molecular flexibility index (Phi) is 9.57. The molecular formula is C27H33N10O2+. The van der Waals surface area contributed by atoms with Crippen molar-refractivity contribution >= 4 is 52.3 Å². The lowest BCUT2D eigenvalue weighted by molar-refractivity contribution is -0.421. The number of nitrogens with two attached hydrogens (primary N) is 2. The average molecular weight is 530 g/mol. The maximum Gasteiger partial charge on any atom is 0.323 e. The van der Waals surface area contributed by atoms with Crippen molar-refractivity contribution < 1.29 is 14.6 Å². The molecule has 12 nitrogen and oxygen atoms in total. The van der Waals surface area contributed by atoms with Crippen molar-refractivity contribution in [3.05, 3.63) is 83.4 Å². The molecule has 0 unspecified atom stereocenters. The molecular weight excluding hydrogens is 496 g/mol. The Morgan fingerprint density at radius 2 is 1.38 bits per heavy atom. The highest BCUT2D eigenvalue weighted by molar-refractivity contribution is 6.04. The van der Waals surface area contributed by atoms with Crippen LogP contribution in [0.15, 0.2) is 76.9 Å². The number of amidine groups is 1. The second kappa shape index (κ2) is 13.2. The van der Waals surface area contributed by atoms with E-state index in [0.717, 1.165) is 22.5 Å². The predicted octanol–water partition coefficient (Wildman–Crippen LogP) is 1.96. The summed E-state index contributed by atoms with van der Waals surface area (Å²) in [5, 5.41) is 21.9. The van der Waals surface area contributed by atoms with Gasteiger partial charge in [-0.1, -0.05) is 18.2 Å². The first kappa shape index (κ1) is 28.2. The van der Waals surface area contributed by atoms with Crippen LogP contribution in [-0.2, 0) is 0 Å². The zero-order valence-electron chi connectivity index (χ0n) is 22.2. The number of benzene rings is 3. The van der Waals surface area contributed by atoms with Crippen molar-refractivity contribution in [2.75, 3.05) is 35.4 Å². The fourth-order valence-corrected chi connectivity index (χ4v) is 3.56. The normalized spacial score (nSPS) is 11.3. The highest BCUT2D eigenvalue weighted by Gasteiger charge is 2.10. The molecule has 39 heavy (non-hydrogen) atoms. The minimum Gasteiger partial charge on any atom is -0.369 e. The maximum atomic E-state index is 12.6. The molecule has 0 aliphatic rings. The Balaban J connectivity index is 1.63. The average Bonchev–Trinajstić information content (AvgIpc) is 2.91. The van der Waals surface area contributed by atoms with Crippen molar-refractivity contribution in [3.63, 3.8) is 0 Å². The lowest BCUT2D eigenvalue weighted by Crippen LogP contribution is -2.71. The zero-order chi connectivity index (χ0) is 28.4. The molecule has 0 bridgehead atoms. The number of anilines is 4. The molecule has 3 aromatic carbocycles. The molecule has 0 atom stereocenters. The van der Waals surface area contributed by atoms with Gasteiger partial charge in [-0.25, -0.2) is 9.59 Å². The van der Waals surface area contributed by atoms with E-state index in [9.17, 15) is 9.59 Å². The van der Waals surface area contributed by atoms with E-state index in [4.69, 9.17) is 11.5 Å². The summed E-state index contributed by atoms with van der Waals surface area (Å²) in [4.78, 5) is 28.3. The van der Waals surface area contributed by atoms with Gasteiger partial charge < -0.3 is 32.7 Å². The molecule has 0 heterocycles. The van der Waals surface area contributed by atoms with Crippen molar-refractivity contribution in [2.45, 2.75) is 13.8 Å². The van der Waals surface area contributed by atoms with E-state index in [-0.39, 0.29) is 5.96 Å². The number of hydrogen-bond donors (Lipinski definition) is 8. The van der Waals surface area contributed by atoms with Gasteiger partial charge >= 0.3 is 12.1 Å². The van der Waals surface area contributed by atoms with Gasteiger partial charge in [-0.05, 0) is 73.5 Å². The van der Waals surface area contributed by atoms with Gasteiger partial charge in [0.25, 0.3) is 5.84 Å². The Morgan fingerprint density at radius 3 is 2.03 bits per heavy atom. The largest absolute Gasteiger partial charge is 0.369 e. The summed E-state index contributed by atoms with van der Waals surface area (Å²) in [5.74, 6) is 0.725. The third-order valence-electron chi connectivity index (χ3n) is 5.53. The molecule has 3 aromatic rings. The summed E-state index contributed by atoms with van der Waals surface area (Å²) in [5.41, 5.74) is 16.0. The van der Waals surface area contributed by atoms with Crippen LogP contribution >= 0.6 is 0 Å².